The molecule has 0 aliphatic rings. The van der Waals surface area contributed by atoms with Crippen LogP contribution in [0.25, 0.3) is 0 Å². The third-order valence-corrected chi connectivity index (χ3v) is 6.14. The van der Waals surface area contributed by atoms with Gasteiger partial charge in [-0.15, -0.1) is 11.3 Å². The highest BCUT2D eigenvalue weighted by molar-refractivity contribution is 9.10. The fraction of sp³-hybridized carbons (Fsp3) is 0.0870. The average molecular weight is 512 g/mol. The Labute approximate surface area is 197 Å². The Morgan fingerprint density at radius 2 is 1.94 bits per heavy atom. The molecule has 0 bridgehead atoms. The number of nitriles is 1. The third kappa shape index (κ3) is 5.42. The van der Waals surface area contributed by atoms with Gasteiger partial charge in [-0.05, 0) is 46.5 Å². The first-order valence-electron chi connectivity index (χ1n) is 9.40. The number of ether oxygens (including phenoxy) is 1. The Hall–Kier alpha value is -2.92. The van der Waals surface area contributed by atoms with E-state index in [1.165, 1.54) is 16.9 Å². The topological polar surface area (TPSA) is 70.8 Å². The molecule has 154 valence electrons. The van der Waals surface area contributed by atoms with Crippen molar-refractivity contribution in [2.75, 3.05) is 5.32 Å². The number of halogens is 2. The first-order chi connectivity index (χ1) is 15.1. The molecule has 0 saturated carbocycles. The highest BCUT2D eigenvalue weighted by Crippen LogP contribution is 2.35. The molecule has 0 fully saturated rings. The van der Waals surface area contributed by atoms with Gasteiger partial charge in [0.25, 0.3) is 0 Å². The minimum atomic E-state index is 0.283. The molecule has 2 aromatic heterocycles. The summed E-state index contributed by atoms with van der Waals surface area (Å²) in [5, 5.41) is 15.7. The van der Waals surface area contributed by atoms with E-state index >= 15 is 0 Å². The summed E-state index contributed by atoms with van der Waals surface area (Å²) >= 11 is 11.1. The second kappa shape index (κ2) is 9.92. The molecule has 0 saturated heterocycles. The monoisotopic (exact) mass is 510 g/mol. The van der Waals surface area contributed by atoms with E-state index in [2.05, 4.69) is 49.4 Å². The molecular weight excluding hydrogens is 496 g/mol. The number of nitrogens with one attached hydrogen (secondary N) is 1. The van der Waals surface area contributed by atoms with Crippen LogP contribution in [0.2, 0.25) is 5.02 Å². The van der Waals surface area contributed by atoms with Crippen LogP contribution < -0.4 is 10.1 Å². The van der Waals surface area contributed by atoms with Gasteiger partial charge in [-0.25, -0.2) is 9.97 Å². The zero-order valence-corrected chi connectivity index (χ0v) is 19.3. The summed E-state index contributed by atoms with van der Waals surface area (Å²) in [7, 11) is 0. The van der Waals surface area contributed by atoms with Gasteiger partial charge in [0, 0.05) is 17.6 Å². The number of thiazole rings is 1. The van der Waals surface area contributed by atoms with Crippen LogP contribution in [0.15, 0.2) is 70.6 Å². The number of hydrogen-bond donors (Lipinski definition) is 1. The number of aromatic nitrogens is 2. The normalized spacial score (nSPS) is 10.5. The standard InChI is InChI=1S/C23H16BrClN4OS/c24-18-13-27-22(11-21(18)30-20-8-4-7-19(25)17(20)12-26)29-23-28-16(14-31-23)10-9-15-5-2-1-3-6-15/h1-8,11,13-14H,9-10H2,(H,27,28,29). The maximum atomic E-state index is 9.36. The first kappa shape index (κ1) is 21.3. The fourth-order valence-corrected chi connectivity index (χ4v) is 4.15. The molecule has 0 aliphatic carbocycles. The van der Waals surface area contributed by atoms with Crippen LogP contribution in [0.4, 0.5) is 10.9 Å². The maximum absolute atomic E-state index is 9.36. The van der Waals surface area contributed by atoms with Gasteiger partial charge < -0.3 is 10.1 Å². The summed E-state index contributed by atoms with van der Waals surface area (Å²) < 4.78 is 6.59. The molecule has 0 aliphatic heterocycles. The van der Waals surface area contributed by atoms with Crippen molar-refractivity contribution in [3.8, 4) is 17.6 Å². The van der Waals surface area contributed by atoms with Gasteiger partial charge in [0.1, 0.15) is 28.9 Å². The van der Waals surface area contributed by atoms with E-state index in [-0.39, 0.29) is 5.56 Å². The number of aryl methyl sites for hydroxylation is 2. The predicted molar refractivity (Wildman–Crippen MR) is 127 cm³/mol. The molecule has 0 radical (unpaired) electrons. The Bertz CT molecular complexity index is 1240. The molecule has 0 atom stereocenters. The second-order valence-corrected chi connectivity index (χ2v) is 8.70. The molecule has 5 nitrogen and oxygen atoms in total. The third-order valence-electron chi connectivity index (χ3n) is 4.43. The van der Waals surface area contributed by atoms with Crippen molar-refractivity contribution in [1.29, 1.82) is 5.26 Å². The van der Waals surface area contributed by atoms with Crippen LogP contribution in [0.3, 0.4) is 0 Å². The number of hydrogen-bond acceptors (Lipinski definition) is 6. The van der Waals surface area contributed by atoms with Crippen molar-refractivity contribution in [1.82, 2.24) is 9.97 Å². The van der Waals surface area contributed by atoms with E-state index in [1.807, 2.05) is 23.6 Å². The lowest BCUT2D eigenvalue weighted by molar-refractivity contribution is 0.477. The first-order valence-corrected chi connectivity index (χ1v) is 11.4. The second-order valence-electron chi connectivity index (χ2n) is 6.58. The smallest absolute Gasteiger partial charge is 0.188 e. The van der Waals surface area contributed by atoms with Crippen LogP contribution in [0, 0.1) is 11.3 Å². The minimum Gasteiger partial charge on any atom is -0.455 e. The number of benzene rings is 2. The molecular formula is C23H16BrClN4OS. The van der Waals surface area contributed by atoms with E-state index in [4.69, 9.17) is 16.3 Å². The summed E-state index contributed by atoms with van der Waals surface area (Å²) in [6.45, 7) is 0. The van der Waals surface area contributed by atoms with Crippen molar-refractivity contribution >= 4 is 49.8 Å². The quantitative estimate of drug-likeness (QED) is 0.285. The molecule has 31 heavy (non-hydrogen) atoms. The summed E-state index contributed by atoms with van der Waals surface area (Å²) in [6, 6.07) is 19.3. The number of anilines is 2. The number of nitrogens with zero attached hydrogens (tertiary/aromatic N) is 3. The van der Waals surface area contributed by atoms with Gasteiger partial charge in [-0.1, -0.05) is 48.0 Å². The van der Waals surface area contributed by atoms with Gasteiger partial charge in [0.15, 0.2) is 5.13 Å². The highest BCUT2D eigenvalue weighted by atomic mass is 79.9. The van der Waals surface area contributed by atoms with E-state index in [0.717, 1.165) is 23.7 Å². The molecule has 0 amide bonds. The van der Waals surface area contributed by atoms with E-state index in [1.54, 1.807) is 30.5 Å². The molecule has 0 unspecified atom stereocenters. The molecule has 4 rings (SSSR count). The SMILES string of the molecule is N#Cc1c(Cl)cccc1Oc1cc(Nc2nc(CCc3ccccc3)cs2)ncc1Br. The lowest BCUT2D eigenvalue weighted by Crippen LogP contribution is -1.97. The fourth-order valence-electron chi connectivity index (χ4n) is 2.89. The van der Waals surface area contributed by atoms with E-state index < -0.39 is 0 Å². The van der Waals surface area contributed by atoms with Crippen molar-refractivity contribution in [2.45, 2.75) is 12.8 Å². The van der Waals surface area contributed by atoms with Crippen molar-refractivity contribution < 1.29 is 4.74 Å². The molecule has 0 spiro atoms. The van der Waals surface area contributed by atoms with Gasteiger partial charge in [-0.2, -0.15) is 5.26 Å². The summed E-state index contributed by atoms with van der Waals surface area (Å²) in [6.07, 6.45) is 3.45. The molecule has 8 heteroatoms. The zero-order valence-electron chi connectivity index (χ0n) is 16.2. The summed E-state index contributed by atoms with van der Waals surface area (Å²) in [4.78, 5) is 9.03. The number of rotatable bonds is 7. The van der Waals surface area contributed by atoms with Gasteiger partial charge in [0.05, 0.1) is 15.2 Å². The highest BCUT2D eigenvalue weighted by Gasteiger charge is 2.12. The predicted octanol–water partition coefficient (Wildman–Crippen LogP) is 7.15. The van der Waals surface area contributed by atoms with E-state index in [9.17, 15) is 5.26 Å². The Kier molecular flexibility index (Phi) is 6.82. The maximum Gasteiger partial charge on any atom is 0.188 e. The van der Waals surface area contributed by atoms with E-state index in [0.29, 0.717) is 26.8 Å². The molecule has 4 aromatic rings. The van der Waals surface area contributed by atoms with Crippen LogP contribution in [-0.4, -0.2) is 9.97 Å². The summed E-state index contributed by atoms with van der Waals surface area (Å²) in [5.41, 5.74) is 2.60. The Balaban J connectivity index is 1.46. The minimum absolute atomic E-state index is 0.283. The van der Waals surface area contributed by atoms with Crippen LogP contribution in [0.5, 0.6) is 11.5 Å². The molecule has 2 heterocycles. The lowest BCUT2D eigenvalue weighted by atomic mass is 10.1. The van der Waals surface area contributed by atoms with Gasteiger partial charge in [-0.3, -0.25) is 0 Å². The zero-order chi connectivity index (χ0) is 21.6. The Morgan fingerprint density at radius 1 is 1.10 bits per heavy atom. The van der Waals surface area contributed by atoms with Crippen LogP contribution >= 0.6 is 38.9 Å². The molecule has 2 aromatic carbocycles. The Morgan fingerprint density at radius 3 is 2.74 bits per heavy atom. The summed E-state index contributed by atoms with van der Waals surface area (Å²) in [5.74, 6) is 1.48. The number of pyridine rings is 1. The lowest BCUT2D eigenvalue weighted by Gasteiger charge is -2.11. The average Bonchev–Trinajstić information content (AvgIpc) is 3.23. The van der Waals surface area contributed by atoms with Crippen LogP contribution in [0.1, 0.15) is 16.8 Å². The van der Waals surface area contributed by atoms with Gasteiger partial charge >= 0.3 is 0 Å². The molecule has 1 N–H and O–H groups in total. The largest absolute Gasteiger partial charge is 0.455 e. The van der Waals surface area contributed by atoms with Crippen LogP contribution in [-0.2, 0) is 12.8 Å². The van der Waals surface area contributed by atoms with Gasteiger partial charge in [0.2, 0.25) is 0 Å². The van der Waals surface area contributed by atoms with Crippen molar-refractivity contribution in [2.24, 2.45) is 0 Å². The van der Waals surface area contributed by atoms with Crippen molar-refractivity contribution in [3.63, 3.8) is 0 Å². The van der Waals surface area contributed by atoms with Crippen molar-refractivity contribution in [3.05, 3.63) is 92.5 Å².